The van der Waals surface area contributed by atoms with Crippen LogP contribution in [0, 0.1) is 0 Å². The van der Waals surface area contributed by atoms with E-state index in [2.05, 4.69) is 0 Å². The molecule has 0 fully saturated rings. The first-order valence-electron chi connectivity index (χ1n) is 1.40. The third-order valence-electron chi connectivity index (χ3n) is 0.197. The molecule has 2 radical (unpaired) electrons. The second kappa shape index (κ2) is 5.89. The van der Waals surface area contributed by atoms with E-state index in [1.165, 1.54) is 6.92 Å². The number of aliphatic hydroxyl groups is 1. The summed E-state index contributed by atoms with van der Waals surface area (Å²) in [4.78, 5) is 9.25. The van der Waals surface area contributed by atoms with Crippen LogP contribution in [0.4, 0.5) is 0 Å². The van der Waals surface area contributed by atoms with Crippen LogP contribution in [0.2, 0.25) is 0 Å². The second-order valence-electron chi connectivity index (χ2n) is 0.877. The molecule has 32 valence electrons. The fourth-order valence-corrected chi connectivity index (χ4v) is 0. The van der Waals surface area contributed by atoms with Crippen LogP contribution in [0.25, 0.3) is 0 Å². The van der Waals surface area contributed by atoms with Gasteiger partial charge < -0.3 is 9.90 Å². The van der Waals surface area contributed by atoms with Gasteiger partial charge in [-0.05, 0) is 6.92 Å². The third-order valence-corrected chi connectivity index (χ3v) is 0.197. The molecule has 0 aromatic heterocycles. The molecule has 3 heteroatoms. The number of carbonyl (C=O) groups is 1. The summed E-state index contributed by atoms with van der Waals surface area (Å²) >= 11 is 0. The number of rotatable bonds is 1. The maximum absolute atomic E-state index is 9.25. The maximum atomic E-state index is 9.25. The van der Waals surface area contributed by atoms with Gasteiger partial charge in [0.05, 0.1) is 0 Å². The van der Waals surface area contributed by atoms with Crippen molar-refractivity contribution < 1.29 is 9.90 Å². The Balaban J connectivity index is 0. The third kappa shape index (κ3) is 8.86. The van der Waals surface area contributed by atoms with Crippen LogP contribution in [0.15, 0.2) is 0 Å². The molecule has 0 aliphatic rings. The molecule has 0 heterocycles. The summed E-state index contributed by atoms with van der Waals surface area (Å²) in [5.41, 5.74) is 0. The molecular formula is C3H6CaO2. The number of aliphatic hydroxyl groups excluding tert-OH is 1. The molecule has 2 nitrogen and oxygen atoms in total. The molecule has 1 unspecified atom stereocenters. The first-order chi connectivity index (χ1) is 2.27. The van der Waals surface area contributed by atoms with E-state index in [0.29, 0.717) is 6.29 Å². The molecule has 0 saturated carbocycles. The average molecular weight is 114 g/mol. The van der Waals surface area contributed by atoms with Gasteiger partial charge in [0.25, 0.3) is 0 Å². The summed E-state index contributed by atoms with van der Waals surface area (Å²) in [6, 6.07) is 0. The summed E-state index contributed by atoms with van der Waals surface area (Å²) in [6.07, 6.45) is -0.324. The molecule has 1 N–H and O–H groups in total. The van der Waals surface area contributed by atoms with Crippen molar-refractivity contribution in [3.05, 3.63) is 0 Å². The summed E-state index contributed by atoms with van der Waals surface area (Å²) < 4.78 is 0. The molecule has 1 atom stereocenters. The average Bonchev–Trinajstić information content (AvgIpc) is 1.38. The molecule has 0 amide bonds. The Labute approximate surface area is 66.5 Å². The molecule has 0 aromatic carbocycles. The van der Waals surface area contributed by atoms with Crippen molar-refractivity contribution in [1.29, 1.82) is 0 Å². The minimum absolute atomic E-state index is 0. The van der Waals surface area contributed by atoms with Gasteiger partial charge in [-0.15, -0.1) is 0 Å². The van der Waals surface area contributed by atoms with Crippen molar-refractivity contribution in [2.75, 3.05) is 0 Å². The topological polar surface area (TPSA) is 37.3 Å². The fraction of sp³-hybridized carbons (Fsp3) is 0.667. The Hall–Kier alpha value is 0.890. The van der Waals surface area contributed by atoms with Crippen LogP contribution < -0.4 is 0 Å². The molecule has 0 bridgehead atoms. The van der Waals surface area contributed by atoms with Crippen molar-refractivity contribution in [3.8, 4) is 0 Å². The summed E-state index contributed by atoms with van der Waals surface area (Å²) in [6.45, 7) is 1.41. The van der Waals surface area contributed by atoms with Gasteiger partial charge in [-0.3, -0.25) is 0 Å². The zero-order valence-electron chi connectivity index (χ0n) is 3.72. The minimum Gasteiger partial charge on any atom is -0.386 e. The van der Waals surface area contributed by atoms with E-state index in [4.69, 9.17) is 5.11 Å². The molecule has 0 aliphatic carbocycles. The number of carbonyl (C=O) groups excluding carboxylic acids is 1. The van der Waals surface area contributed by atoms with Crippen LogP contribution in [-0.4, -0.2) is 55.2 Å². The standard InChI is InChI=1S/C3H6O2.Ca/c1-3(5)2-4;/h2-3,5H,1H3;. The van der Waals surface area contributed by atoms with Crippen LogP contribution >= 0.6 is 0 Å². The predicted octanol–water partition coefficient (Wildman–Crippen LogP) is -0.815. The minimum atomic E-state index is -0.796. The Morgan fingerprint density at radius 2 is 2.00 bits per heavy atom. The summed E-state index contributed by atoms with van der Waals surface area (Å²) in [5.74, 6) is 0. The Morgan fingerprint density at radius 1 is 1.83 bits per heavy atom. The first kappa shape index (κ1) is 10.00. The van der Waals surface area contributed by atoms with E-state index >= 15 is 0 Å². The smallest absolute Gasteiger partial charge is 0.148 e. The van der Waals surface area contributed by atoms with Crippen molar-refractivity contribution >= 4 is 44.0 Å². The van der Waals surface area contributed by atoms with E-state index in [9.17, 15) is 4.79 Å². The summed E-state index contributed by atoms with van der Waals surface area (Å²) in [5, 5.41) is 7.99. The molecule has 0 saturated heterocycles. The molecule has 0 spiro atoms. The second-order valence-corrected chi connectivity index (χ2v) is 0.877. The monoisotopic (exact) mass is 114 g/mol. The SMILES string of the molecule is CC(O)C=O.[Ca]. The number of hydrogen-bond acceptors (Lipinski definition) is 2. The molecule has 0 aliphatic heterocycles. The van der Waals surface area contributed by atoms with Crippen LogP contribution in [0.5, 0.6) is 0 Å². The normalized spacial score (nSPS) is 11.7. The van der Waals surface area contributed by atoms with Crippen LogP contribution in [0.3, 0.4) is 0 Å². The Kier molecular flexibility index (Phi) is 9.81. The quantitative estimate of drug-likeness (QED) is 0.357. The van der Waals surface area contributed by atoms with Crippen molar-refractivity contribution in [2.45, 2.75) is 13.0 Å². The number of aldehydes is 1. The van der Waals surface area contributed by atoms with Crippen molar-refractivity contribution in [1.82, 2.24) is 0 Å². The first-order valence-corrected chi connectivity index (χ1v) is 1.40. The van der Waals surface area contributed by atoms with Gasteiger partial charge in [0.1, 0.15) is 12.4 Å². The molecule has 0 rings (SSSR count). The maximum Gasteiger partial charge on any atom is 0.148 e. The largest absolute Gasteiger partial charge is 0.386 e. The van der Waals surface area contributed by atoms with Gasteiger partial charge in [0.2, 0.25) is 0 Å². The van der Waals surface area contributed by atoms with E-state index in [1.54, 1.807) is 0 Å². The zero-order valence-corrected chi connectivity index (χ0v) is 5.93. The molecular weight excluding hydrogens is 108 g/mol. The van der Waals surface area contributed by atoms with Gasteiger partial charge in [-0.2, -0.15) is 0 Å². The van der Waals surface area contributed by atoms with E-state index in [-0.39, 0.29) is 37.7 Å². The van der Waals surface area contributed by atoms with Gasteiger partial charge in [0, 0.05) is 37.7 Å². The fourth-order valence-electron chi connectivity index (χ4n) is 0. The van der Waals surface area contributed by atoms with Gasteiger partial charge in [-0.25, -0.2) is 0 Å². The Morgan fingerprint density at radius 3 is 2.00 bits per heavy atom. The number of hydrogen-bond donors (Lipinski definition) is 1. The van der Waals surface area contributed by atoms with Crippen LogP contribution in [-0.2, 0) is 4.79 Å². The van der Waals surface area contributed by atoms with E-state index in [1.807, 2.05) is 0 Å². The van der Waals surface area contributed by atoms with Crippen molar-refractivity contribution in [2.24, 2.45) is 0 Å². The van der Waals surface area contributed by atoms with Crippen LogP contribution in [0.1, 0.15) is 6.92 Å². The Bertz CT molecular complexity index is 35.8. The van der Waals surface area contributed by atoms with Gasteiger partial charge in [0.15, 0.2) is 0 Å². The zero-order chi connectivity index (χ0) is 4.28. The molecule has 0 aromatic rings. The van der Waals surface area contributed by atoms with Gasteiger partial charge >= 0.3 is 0 Å². The van der Waals surface area contributed by atoms with Gasteiger partial charge in [-0.1, -0.05) is 0 Å². The van der Waals surface area contributed by atoms with E-state index in [0.717, 1.165) is 0 Å². The molecule has 6 heavy (non-hydrogen) atoms. The predicted molar refractivity (Wildman–Crippen MR) is 23.5 cm³/mol. The van der Waals surface area contributed by atoms with E-state index < -0.39 is 6.10 Å². The summed E-state index contributed by atoms with van der Waals surface area (Å²) in [7, 11) is 0. The van der Waals surface area contributed by atoms with Crippen molar-refractivity contribution in [3.63, 3.8) is 0 Å².